The Kier molecular flexibility index (Phi) is 2.47. The third kappa shape index (κ3) is 2.62. The Morgan fingerprint density at radius 3 is 2.75 bits per heavy atom. The number of rotatable bonds is 2. The molecule has 0 saturated carbocycles. The van der Waals surface area contributed by atoms with E-state index in [1.807, 2.05) is 0 Å². The Labute approximate surface area is 69.4 Å². The van der Waals surface area contributed by atoms with Crippen LogP contribution < -0.4 is 5.73 Å². The first-order chi connectivity index (χ1) is 5.49. The van der Waals surface area contributed by atoms with E-state index in [0.29, 0.717) is 5.69 Å². The van der Waals surface area contributed by atoms with Gasteiger partial charge in [0.05, 0.1) is 17.5 Å². The monoisotopic (exact) mass is 188 g/mol. The zero-order valence-electron chi connectivity index (χ0n) is 6.21. The van der Waals surface area contributed by atoms with E-state index in [9.17, 15) is 4.57 Å². The van der Waals surface area contributed by atoms with Crippen molar-refractivity contribution in [1.29, 1.82) is 0 Å². The Morgan fingerprint density at radius 2 is 2.25 bits per heavy atom. The molecule has 0 aliphatic carbocycles. The van der Waals surface area contributed by atoms with Crippen LogP contribution in [0.4, 0.5) is 5.69 Å². The van der Waals surface area contributed by atoms with Crippen LogP contribution in [0.25, 0.3) is 0 Å². The van der Waals surface area contributed by atoms with Gasteiger partial charge in [-0.3, -0.25) is 9.55 Å². The lowest BCUT2D eigenvalue weighted by atomic mass is 10.3. The van der Waals surface area contributed by atoms with Crippen molar-refractivity contribution in [3.8, 4) is 0 Å². The van der Waals surface area contributed by atoms with E-state index in [4.69, 9.17) is 15.5 Å². The molecule has 0 unspecified atom stereocenters. The van der Waals surface area contributed by atoms with E-state index in [-0.39, 0.29) is 5.69 Å². The van der Waals surface area contributed by atoms with Gasteiger partial charge < -0.3 is 15.5 Å². The predicted molar refractivity (Wildman–Crippen MR) is 44.4 cm³/mol. The molecule has 0 saturated heterocycles. The summed E-state index contributed by atoms with van der Waals surface area (Å²) in [5, 5.41) is 0. The summed E-state index contributed by atoms with van der Waals surface area (Å²) in [6.45, 7) is 0. The molecular formula is C6H9N2O3P. The minimum atomic E-state index is -4.06. The first-order valence-electron chi connectivity index (χ1n) is 3.23. The van der Waals surface area contributed by atoms with Crippen LogP contribution in [0, 0.1) is 0 Å². The van der Waals surface area contributed by atoms with Crippen LogP contribution in [0.3, 0.4) is 0 Å². The summed E-state index contributed by atoms with van der Waals surface area (Å²) in [5.41, 5.74) is 5.97. The highest BCUT2D eigenvalue weighted by Gasteiger charge is 2.16. The third-order valence-corrected chi connectivity index (χ3v) is 1.99. The SMILES string of the molecule is Nc1cccnc1CP(=O)(O)O. The average Bonchev–Trinajstić information content (AvgIpc) is 1.91. The summed E-state index contributed by atoms with van der Waals surface area (Å²) in [5.74, 6) is 0. The van der Waals surface area contributed by atoms with Gasteiger partial charge in [-0.15, -0.1) is 0 Å². The predicted octanol–water partition coefficient (Wildman–Crippen LogP) is 0.341. The lowest BCUT2D eigenvalue weighted by Crippen LogP contribution is -1.97. The lowest BCUT2D eigenvalue weighted by Gasteiger charge is -2.04. The van der Waals surface area contributed by atoms with Gasteiger partial charge in [0.2, 0.25) is 0 Å². The Balaban J connectivity index is 2.90. The molecule has 0 aromatic carbocycles. The summed E-state index contributed by atoms with van der Waals surface area (Å²) < 4.78 is 10.6. The molecule has 1 aromatic heterocycles. The summed E-state index contributed by atoms with van der Waals surface area (Å²) in [6.07, 6.45) is 1.04. The molecule has 1 aromatic rings. The molecule has 1 rings (SSSR count). The van der Waals surface area contributed by atoms with Gasteiger partial charge in [-0.25, -0.2) is 0 Å². The highest BCUT2D eigenvalue weighted by molar-refractivity contribution is 7.50. The van der Waals surface area contributed by atoms with Crippen molar-refractivity contribution >= 4 is 13.3 Å². The number of nitrogens with two attached hydrogens (primary N) is 1. The number of nitrogen functional groups attached to an aromatic ring is 1. The number of hydrogen-bond acceptors (Lipinski definition) is 3. The number of aromatic nitrogens is 1. The molecule has 0 bridgehead atoms. The molecule has 0 spiro atoms. The van der Waals surface area contributed by atoms with Gasteiger partial charge >= 0.3 is 7.60 Å². The van der Waals surface area contributed by atoms with Crippen molar-refractivity contribution in [2.24, 2.45) is 0 Å². The van der Waals surface area contributed by atoms with Gasteiger partial charge in [-0.05, 0) is 12.1 Å². The average molecular weight is 188 g/mol. The summed E-state index contributed by atoms with van der Waals surface area (Å²) >= 11 is 0. The maximum atomic E-state index is 10.6. The maximum Gasteiger partial charge on any atom is 0.331 e. The van der Waals surface area contributed by atoms with E-state index in [1.165, 1.54) is 6.20 Å². The van der Waals surface area contributed by atoms with Gasteiger partial charge in [0.25, 0.3) is 0 Å². The fourth-order valence-electron chi connectivity index (χ4n) is 0.778. The molecule has 6 heteroatoms. The zero-order chi connectivity index (χ0) is 9.19. The second-order valence-corrected chi connectivity index (χ2v) is 4.01. The minimum Gasteiger partial charge on any atom is -0.397 e. The van der Waals surface area contributed by atoms with E-state index in [0.717, 1.165) is 0 Å². The lowest BCUT2D eigenvalue weighted by molar-refractivity contribution is 0.371. The van der Waals surface area contributed by atoms with Crippen LogP contribution in [0.15, 0.2) is 18.3 Å². The first kappa shape index (κ1) is 9.19. The standard InChI is InChI=1S/C6H9N2O3P/c7-5-2-1-3-8-6(5)4-12(9,10)11/h1-3H,4,7H2,(H2,9,10,11). The van der Waals surface area contributed by atoms with Crippen molar-refractivity contribution in [1.82, 2.24) is 4.98 Å². The van der Waals surface area contributed by atoms with E-state index in [1.54, 1.807) is 12.1 Å². The fourth-order valence-corrected chi connectivity index (χ4v) is 1.43. The number of nitrogens with zero attached hydrogens (tertiary/aromatic N) is 1. The van der Waals surface area contributed by atoms with Gasteiger partial charge in [0.1, 0.15) is 0 Å². The quantitative estimate of drug-likeness (QED) is 0.581. The van der Waals surface area contributed by atoms with Gasteiger partial charge in [0, 0.05) is 6.20 Å². The molecule has 0 fully saturated rings. The van der Waals surface area contributed by atoms with Crippen molar-refractivity contribution in [3.63, 3.8) is 0 Å². The van der Waals surface area contributed by atoms with E-state index >= 15 is 0 Å². The molecule has 4 N–H and O–H groups in total. The fraction of sp³-hybridized carbons (Fsp3) is 0.167. The molecule has 0 radical (unpaired) electrons. The molecule has 5 nitrogen and oxygen atoms in total. The van der Waals surface area contributed by atoms with Crippen LogP contribution in [-0.2, 0) is 10.7 Å². The number of pyridine rings is 1. The maximum absolute atomic E-state index is 10.6. The zero-order valence-corrected chi connectivity index (χ0v) is 7.11. The van der Waals surface area contributed by atoms with Crippen molar-refractivity contribution in [2.45, 2.75) is 6.16 Å². The number of hydrogen-bond donors (Lipinski definition) is 3. The molecule has 0 amide bonds. The Bertz CT molecular complexity index is 322. The molecular weight excluding hydrogens is 179 g/mol. The topological polar surface area (TPSA) is 96.4 Å². The van der Waals surface area contributed by atoms with Crippen molar-refractivity contribution in [2.75, 3.05) is 5.73 Å². The largest absolute Gasteiger partial charge is 0.397 e. The summed E-state index contributed by atoms with van der Waals surface area (Å²) in [7, 11) is -4.06. The first-order valence-corrected chi connectivity index (χ1v) is 5.03. The molecule has 66 valence electrons. The normalized spacial score (nSPS) is 11.5. The summed E-state index contributed by atoms with van der Waals surface area (Å²) in [6, 6.07) is 3.16. The van der Waals surface area contributed by atoms with E-state index < -0.39 is 13.8 Å². The molecule has 12 heavy (non-hydrogen) atoms. The molecule has 0 aliphatic rings. The number of anilines is 1. The molecule has 1 heterocycles. The highest BCUT2D eigenvalue weighted by atomic mass is 31.2. The highest BCUT2D eigenvalue weighted by Crippen LogP contribution is 2.39. The third-order valence-electron chi connectivity index (χ3n) is 1.28. The van der Waals surface area contributed by atoms with Crippen molar-refractivity contribution < 1.29 is 14.4 Å². The summed E-state index contributed by atoms with van der Waals surface area (Å²) in [4.78, 5) is 21.0. The smallest absolute Gasteiger partial charge is 0.331 e. The Morgan fingerprint density at radius 1 is 1.58 bits per heavy atom. The van der Waals surface area contributed by atoms with Crippen molar-refractivity contribution in [3.05, 3.63) is 24.0 Å². The minimum absolute atomic E-state index is 0.242. The second kappa shape index (κ2) is 3.23. The van der Waals surface area contributed by atoms with Gasteiger partial charge in [0.15, 0.2) is 0 Å². The van der Waals surface area contributed by atoms with Crippen LogP contribution in [0.5, 0.6) is 0 Å². The van der Waals surface area contributed by atoms with E-state index in [2.05, 4.69) is 4.98 Å². The van der Waals surface area contributed by atoms with Crippen LogP contribution in [0.2, 0.25) is 0 Å². The second-order valence-electron chi connectivity index (χ2n) is 2.36. The van der Waals surface area contributed by atoms with Gasteiger partial charge in [-0.1, -0.05) is 0 Å². The molecule has 0 aliphatic heterocycles. The Hall–Kier alpha value is -0.900. The van der Waals surface area contributed by atoms with Crippen LogP contribution >= 0.6 is 7.60 Å². The van der Waals surface area contributed by atoms with Crippen LogP contribution in [0.1, 0.15) is 5.69 Å². The van der Waals surface area contributed by atoms with Crippen LogP contribution in [-0.4, -0.2) is 14.8 Å². The van der Waals surface area contributed by atoms with Gasteiger partial charge in [-0.2, -0.15) is 0 Å². The molecule has 0 atom stereocenters.